The topological polar surface area (TPSA) is 134 Å². The molecular weight excluding hydrogens is 410 g/mol. The summed E-state index contributed by atoms with van der Waals surface area (Å²) in [6, 6.07) is 9.90. The third kappa shape index (κ3) is 3.12. The van der Waals surface area contributed by atoms with Crippen molar-refractivity contribution in [3.63, 3.8) is 0 Å². The fraction of sp³-hybridized carbons (Fsp3) is 0.211. The number of phenols is 1. The van der Waals surface area contributed by atoms with Crippen LogP contribution in [-0.4, -0.2) is 33.0 Å². The fourth-order valence-electron chi connectivity index (χ4n) is 3.49. The molecule has 1 atom stereocenters. The number of fused-ring (bicyclic) bond motifs is 3. The highest BCUT2D eigenvalue weighted by Crippen LogP contribution is 2.42. The largest absolute Gasteiger partial charge is 0.504 e. The van der Waals surface area contributed by atoms with Crippen LogP contribution in [0.25, 0.3) is 11.3 Å². The Hall–Kier alpha value is -3.60. The summed E-state index contributed by atoms with van der Waals surface area (Å²) >= 11 is 1.35. The third-order valence-electron chi connectivity index (χ3n) is 4.69. The van der Waals surface area contributed by atoms with Crippen molar-refractivity contribution < 1.29 is 19.4 Å². The van der Waals surface area contributed by atoms with Crippen LogP contribution in [0.2, 0.25) is 0 Å². The molecule has 0 bridgehead atoms. The summed E-state index contributed by atoms with van der Waals surface area (Å²) in [4.78, 5) is 27.0. The van der Waals surface area contributed by atoms with Gasteiger partial charge in [-0.15, -0.1) is 0 Å². The van der Waals surface area contributed by atoms with E-state index in [2.05, 4.69) is 15.4 Å². The van der Waals surface area contributed by atoms with Gasteiger partial charge < -0.3 is 15.2 Å². The van der Waals surface area contributed by atoms with Crippen LogP contribution < -0.4 is 20.3 Å². The van der Waals surface area contributed by atoms with Crippen molar-refractivity contribution in [3.05, 3.63) is 62.4 Å². The summed E-state index contributed by atoms with van der Waals surface area (Å²) in [7, 11) is 1.25. The van der Waals surface area contributed by atoms with Gasteiger partial charge in [-0.3, -0.25) is 19.9 Å². The number of para-hydroxylation sites is 1. The molecule has 0 fully saturated rings. The van der Waals surface area contributed by atoms with Crippen LogP contribution in [0.4, 0.5) is 11.4 Å². The molecule has 1 aliphatic rings. The Morgan fingerprint density at radius 3 is 2.80 bits per heavy atom. The van der Waals surface area contributed by atoms with Crippen molar-refractivity contribution in [2.45, 2.75) is 18.2 Å². The Morgan fingerprint density at radius 2 is 2.10 bits per heavy atom. The molecule has 0 spiro atoms. The average Bonchev–Trinajstić information content (AvgIpc) is 2.72. The zero-order valence-corrected chi connectivity index (χ0v) is 16.9. The van der Waals surface area contributed by atoms with Crippen LogP contribution >= 0.6 is 11.8 Å². The van der Waals surface area contributed by atoms with Crippen molar-refractivity contribution in [2.24, 2.45) is 0 Å². The number of nitro groups is 1. The van der Waals surface area contributed by atoms with Gasteiger partial charge in [-0.1, -0.05) is 30.8 Å². The number of aromatic amines is 1. The number of nitro benzene ring substituents is 1. The lowest BCUT2D eigenvalue weighted by Crippen LogP contribution is -2.55. The molecule has 10 nitrogen and oxygen atoms in total. The molecule has 0 saturated carbocycles. The number of hydrogen-bond donors (Lipinski definition) is 3. The number of nitrogens with zero attached hydrogens (tertiary/aromatic N) is 3. The maximum Gasteiger partial charge on any atom is 0.326 e. The summed E-state index contributed by atoms with van der Waals surface area (Å²) in [5, 5.41) is 30.1. The number of aromatic hydroxyl groups is 1. The zero-order chi connectivity index (χ0) is 21.4. The minimum absolute atomic E-state index is 0.195. The van der Waals surface area contributed by atoms with Crippen LogP contribution in [-0.2, 0) is 0 Å². The number of anilines is 1. The molecule has 1 aliphatic heterocycles. The molecule has 0 aliphatic carbocycles. The number of H-pyrrole nitrogens is 1. The van der Waals surface area contributed by atoms with Gasteiger partial charge >= 0.3 is 16.9 Å². The highest BCUT2D eigenvalue weighted by Gasteiger charge is 2.42. The average molecular weight is 428 g/mol. The Balaban J connectivity index is 2.03. The minimum Gasteiger partial charge on any atom is -0.504 e. The van der Waals surface area contributed by atoms with Gasteiger partial charge in [0.15, 0.2) is 5.75 Å². The molecule has 3 N–H and O–H groups in total. The normalized spacial score (nSPS) is 14.4. The van der Waals surface area contributed by atoms with Crippen LogP contribution in [0.5, 0.6) is 11.5 Å². The molecule has 4 rings (SSSR count). The SMILES string of the molecule is CCSc1n[n+]2c(c(=O)[nH]1)-c1ccccc1N[C@H]2c1ccc(O)c(OC)c1[N+](=O)[O-]. The molecule has 11 heteroatoms. The van der Waals surface area contributed by atoms with E-state index in [9.17, 15) is 20.0 Å². The van der Waals surface area contributed by atoms with E-state index < -0.39 is 16.8 Å². The number of ether oxygens (including phenoxy) is 1. The van der Waals surface area contributed by atoms with Crippen molar-refractivity contribution in [1.29, 1.82) is 0 Å². The Morgan fingerprint density at radius 1 is 1.33 bits per heavy atom. The molecule has 0 unspecified atom stereocenters. The van der Waals surface area contributed by atoms with Gasteiger partial charge in [0.25, 0.3) is 6.17 Å². The summed E-state index contributed by atoms with van der Waals surface area (Å²) in [5.41, 5.74) is 0.973. The van der Waals surface area contributed by atoms with E-state index in [-0.39, 0.29) is 28.3 Å². The van der Waals surface area contributed by atoms with E-state index in [0.717, 1.165) is 0 Å². The molecule has 2 heterocycles. The first-order valence-corrected chi connectivity index (χ1v) is 10.0. The van der Waals surface area contributed by atoms with Crippen LogP contribution in [0, 0.1) is 10.1 Å². The summed E-state index contributed by atoms with van der Waals surface area (Å²) in [6.45, 7) is 1.93. The van der Waals surface area contributed by atoms with E-state index in [1.165, 1.54) is 35.7 Å². The number of thioether (sulfide) groups is 1. The Kier molecular flexibility index (Phi) is 5.04. The maximum atomic E-state index is 12.9. The van der Waals surface area contributed by atoms with Crippen molar-refractivity contribution in [1.82, 2.24) is 10.1 Å². The van der Waals surface area contributed by atoms with Gasteiger partial charge in [0.2, 0.25) is 10.9 Å². The zero-order valence-electron chi connectivity index (χ0n) is 16.1. The molecule has 2 aromatic carbocycles. The smallest absolute Gasteiger partial charge is 0.326 e. The van der Waals surface area contributed by atoms with Crippen LogP contribution in [0.3, 0.4) is 0 Å². The molecule has 0 saturated heterocycles. The van der Waals surface area contributed by atoms with Gasteiger partial charge in [0.05, 0.1) is 23.3 Å². The molecular formula is C19H18N5O5S+. The highest BCUT2D eigenvalue weighted by atomic mass is 32.2. The van der Waals surface area contributed by atoms with E-state index in [4.69, 9.17) is 4.74 Å². The van der Waals surface area contributed by atoms with Gasteiger partial charge in [-0.05, 0) is 34.7 Å². The number of methoxy groups -OCH3 is 1. The van der Waals surface area contributed by atoms with Crippen molar-refractivity contribution in [2.75, 3.05) is 18.2 Å². The van der Waals surface area contributed by atoms with E-state index in [1.807, 2.05) is 6.92 Å². The second-order valence-electron chi connectivity index (χ2n) is 6.39. The van der Waals surface area contributed by atoms with Crippen molar-refractivity contribution >= 4 is 23.1 Å². The number of nitrogens with one attached hydrogen (secondary N) is 2. The lowest BCUT2D eigenvalue weighted by molar-refractivity contribution is -0.759. The summed E-state index contributed by atoms with van der Waals surface area (Å²) in [6.07, 6.45) is -0.872. The molecule has 30 heavy (non-hydrogen) atoms. The maximum absolute atomic E-state index is 12.9. The molecule has 154 valence electrons. The van der Waals surface area contributed by atoms with E-state index >= 15 is 0 Å². The van der Waals surface area contributed by atoms with Gasteiger partial charge in [0.1, 0.15) is 5.56 Å². The highest BCUT2D eigenvalue weighted by molar-refractivity contribution is 7.99. The predicted octanol–water partition coefficient (Wildman–Crippen LogP) is 2.43. The quantitative estimate of drug-likeness (QED) is 0.244. The molecule has 0 radical (unpaired) electrons. The lowest BCUT2D eigenvalue weighted by atomic mass is 10.0. The van der Waals surface area contributed by atoms with Gasteiger partial charge in [-0.2, -0.15) is 0 Å². The van der Waals surface area contributed by atoms with E-state index in [0.29, 0.717) is 22.2 Å². The number of phenolic OH excluding ortho intramolecular Hbond substituents is 1. The first kappa shape index (κ1) is 19.7. The first-order chi connectivity index (χ1) is 14.5. The predicted molar refractivity (Wildman–Crippen MR) is 110 cm³/mol. The Bertz CT molecular complexity index is 1210. The monoisotopic (exact) mass is 428 g/mol. The molecule has 1 aromatic heterocycles. The number of rotatable bonds is 5. The van der Waals surface area contributed by atoms with Crippen LogP contribution in [0.1, 0.15) is 18.7 Å². The first-order valence-electron chi connectivity index (χ1n) is 9.05. The molecule has 3 aromatic rings. The number of hydrogen-bond acceptors (Lipinski definition) is 8. The summed E-state index contributed by atoms with van der Waals surface area (Å²) < 4.78 is 6.53. The third-order valence-corrected chi connectivity index (χ3v) is 5.43. The number of benzene rings is 2. The van der Waals surface area contributed by atoms with Crippen molar-refractivity contribution in [3.8, 4) is 22.8 Å². The summed E-state index contributed by atoms with van der Waals surface area (Å²) in [5.74, 6) is 0.0771. The lowest BCUT2D eigenvalue weighted by Gasteiger charge is -2.22. The standard InChI is InChI=1S/C19H17N5O5S/c1-3-30-19-21-18(26)15-10-6-4-5-7-12(10)20-17(23(15)22-19)11-8-9-13(25)16(29-2)14(11)24(27)28/h4-9,17H,3H2,1-2H3,(H2,21,22,25,26)/p+1/t17-/m1/s1. The van der Waals surface area contributed by atoms with Gasteiger partial charge in [0, 0.05) is 5.10 Å². The second kappa shape index (κ2) is 7.67. The van der Waals surface area contributed by atoms with E-state index in [1.54, 1.807) is 24.3 Å². The van der Waals surface area contributed by atoms with Crippen LogP contribution in [0.15, 0.2) is 46.3 Å². The Labute approximate surface area is 174 Å². The van der Waals surface area contributed by atoms with Gasteiger partial charge in [-0.25, -0.2) is 0 Å². The number of aromatic nitrogens is 3. The molecule has 0 amide bonds. The second-order valence-corrected chi connectivity index (χ2v) is 7.64. The fourth-order valence-corrected chi connectivity index (χ4v) is 4.07. The minimum atomic E-state index is -0.872.